The molecule has 26 heavy (non-hydrogen) atoms. The molecule has 2 N–H and O–H groups in total. The van der Waals surface area contributed by atoms with E-state index < -0.39 is 0 Å². The third kappa shape index (κ3) is 6.15. The summed E-state index contributed by atoms with van der Waals surface area (Å²) in [5, 5.41) is 6.49. The van der Waals surface area contributed by atoms with Crippen molar-refractivity contribution in [3.05, 3.63) is 35.4 Å². The first kappa shape index (κ1) is 22.8. The Morgan fingerprint density at radius 2 is 1.77 bits per heavy atom. The average molecular weight is 490 g/mol. The van der Waals surface area contributed by atoms with Gasteiger partial charge in [-0.25, -0.2) is 0 Å². The van der Waals surface area contributed by atoms with Gasteiger partial charge in [0, 0.05) is 31.9 Å². The molecule has 0 aliphatic carbocycles. The zero-order chi connectivity index (χ0) is 18.1. The zero-order valence-corrected chi connectivity index (χ0v) is 18.4. The maximum absolute atomic E-state index is 12.3. The van der Waals surface area contributed by atoms with Crippen molar-refractivity contribution in [3.63, 3.8) is 0 Å². The van der Waals surface area contributed by atoms with Gasteiger partial charge in [0.1, 0.15) is 0 Å². The Labute approximate surface area is 176 Å². The first-order valence-corrected chi connectivity index (χ1v) is 10.0. The van der Waals surface area contributed by atoms with Crippen molar-refractivity contribution >= 4 is 53.5 Å². The van der Waals surface area contributed by atoms with Crippen LogP contribution in [-0.4, -0.2) is 60.9 Å². The van der Waals surface area contributed by atoms with Crippen molar-refractivity contribution in [2.75, 3.05) is 38.2 Å². The molecule has 0 saturated carbocycles. The molecule has 1 aromatic carbocycles. The molecule has 0 bridgehead atoms. The molecular formula is C18H27IN4O2S. The maximum Gasteiger partial charge on any atom is 0.261 e. The van der Waals surface area contributed by atoms with Crippen LogP contribution in [0, 0.1) is 0 Å². The van der Waals surface area contributed by atoms with Gasteiger partial charge < -0.3 is 10.6 Å². The molecule has 1 aliphatic rings. The number of nitrogens with zero attached hydrogens (tertiary/aromatic N) is 2. The highest BCUT2D eigenvalue weighted by atomic mass is 127. The highest BCUT2D eigenvalue weighted by molar-refractivity contribution is 14.0. The fourth-order valence-corrected chi connectivity index (χ4v) is 2.93. The lowest BCUT2D eigenvalue weighted by Crippen LogP contribution is -2.38. The predicted molar refractivity (Wildman–Crippen MR) is 119 cm³/mol. The number of carbonyl (C=O) groups is 2. The summed E-state index contributed by atoms with van der Waals surface area (Å²) in [5.74, 6) is 1.48. The molecule has 1 heterocycles. The van der Waals surface area contributed by atoms with Gasteiger partial charge in [-0.2, -0.15) is 11.8 Å². The van der Waals surface area contributed by atoms with Crippen molar-refractivity contribution in [3.8, 4) is 0 Å². The number of carbonyl (C=O) groups excluding carboxylic acids is 2. The number of amides is 2. The molecule has 1 aliphatic heterocycles. The van der Waals surface area contributed by atoms with Crippen LogP contribution in [0.3, 0.4) is 0 Å². The van der Waals surface area contributed by atoms with Crippen LogP contribution in [0.4, 0.5) is 0 Å². The zero-order valence-electron chi connectivity index (χ0n) is 15.3. The maximum atomic E-state index is 12.3. The number of imide groups is 1. The minimum atomic E-state index is -0.184. The second-order valence-electron chi connectivity index (χ2n) is 5.69. The van der Waals surface area contributed by atoms with Gasteiger partial charge in [0.15, 0.2) is 5.96 Å². The number of nitrogens with one attached hydrogen (secondary N) is 2. The second kappa shape index (κ2) is 12.2. The molecule has 1 aromatic rings. The lowest BCUT2D eigenvalue weighted by molar-refractivity contribution is 0.0652. The number of fused-ring (bicyclic) bond motifs is 1. The first-order chi connectivity index (χ1) is 12.2. The molecule has 0 spiro atoms. The van der Waals surface area contributed by atoms with E-state index in [4.69, 9.17) is 0 Å². The smallest absolute Gasteiger partial charge is 0.261 e. The molecule has 0 atom stereocenters. The van der Waals surface area contributed by atoms with Crippen molar-refractivity contribution in [2.24, 2.45) is 4.99 Å². The van der Waals surface area contributed by atoms with Crippen molar-refractivity contribution in [1.82, 2.24) is 15.5 Å². The Bertz CT molecular complexity index is 604. The van der Waals surface area contributed by atoms with E-state index in [-0.39, 0.29) is 35.8 Å². The van der Waals surface area contributed by atoms with E-state index in [2.05, 4.69) is 21.9 Å². The van der Waals surface area contributed by atoms with Gasteiger partial charge >= 0.3 is 0 Å². The van der Waals surface area contributed by atoms with Gasteiger partial charge in [0.05, 0.1) is 11.1 Å². The summed E-state index contributed by atoms with van der Waals surface area (Å²) in [5.41, 5.74) is 1.02. The SMILES string of the molecule is CCNC(=NCCCCN1C(=O)c2ccccc2C1=O)NCCSC.I. The summed E-state index contributed by atoms with van der Waals surface area (Å²) in [6.07, 6.45) is 3.65. The van der Waals surface area contributed by atoms with Crippen LogP contribution in [0.5, 0.6) is 0 Å². The number of rotatable bonds is 9. The summed E-state index contributed by atoms with van der Waals surface area (Å²) in [4.78, 5) is 30.4. The predicted octanol–water partition coefficient (Wildman–Crippen LogP) is 2.60. The third-order valence-electron chi connectivity index (χ3n) is 3.88. The topological polar surface area (TPSA) is 73.8 Å². The van der Waals surface area contributed by atoms with Crippen LogP contribution in [-0.2, 0) is 0 Å². The molecular weight excluding hydrogens is 463 g/mol. The van der Waals surface area contributed by atoms with E-state index in [1.807, 2.05) is 6.92 Å². The van der Waals surface area contributed by atoms with Crippen LogP contribution in [0.15, 0.2) is 29.3 Å². The van der Waals surface area contributed by atoms with Crippen LogP contribution in [0.25, 0.3) is 0 Å². The summed E-state index contributed by atoms with van der Waals surface area (Å²) in [6.45, 7) is 4.84. The quantitative estimate of drug-likeness (QED) is 0.183. The molecule has 0 fully saturated rings. The highest BCUT2D eigenvalue weighted by Gasteiger charge is 2.34. The summed E-state index contributed by atoms with van der Waals surface area (Å²) in [6, 6.07) is 6.99. The molecule has 144 valence electrons. The van der Waals surface area contributed by atoms with Gasteiger partial charge in [-0.1, -0.05) is 12.1 Å². The Kier molecular flexibility index (Phi) is 10.6. The van der Waals surface area contributed by atoms with E-state index in [0.717, 1.165) is 37.6 Å². The first-order valence-electron chi connectivity index (χ1n) is 8.65. The molecule has 8 heteroatoms. The Balaban J connectivity index is 0.00000338. The molecule has 0 unspecified atom stereocenters. The van der Waals surface area contributed by atoms with Gasteiger partial charge in [-0.3, -0.25) is 19.5 Å². The van der Waals surface area contributed by atoms with Crippen LogP contribution < -0.4 is 10.6 Å². The number of hydrogen-bond acceptors (Lipinski definition) is 4. The number of thioether (sulfide) groups is 1. The lowest BCUT2D eigenvalue weighted by Gasteiger charge is -2.13. The molecule has 6 nitrogen and oxygen atoms in total. The normalized spacial score (nSPS) is 13.5. The number of benzene rings is 1. The van der Waals surface area contributed by atoms with E-state index in [9.17, 15) is 9.59 Å². The number of unbranched alkanes of at least 4 members (excludes halogenated alkanes) is 1. The molecule has 0 radical (unpaired) electrons. The van der Waals surface area contributed by atoms with E-state index in [0.29, 0.717) is 24.2 Å². The van der Waals surface area contributed by atoms with Crippen molar-refractivity contribution in [2.45, 2.75) is 19.8 Å². The number of hydrogen-bond donors (Lipinski definition) is 2. The summed E-state index contributed by atoms with van der Waals surface area (Å²) < 4.78 is 0. The average Bonchev–Trinajstić information content (AvgIpc) is 2.86. The van der Waals surface area contributed by atoms with Crippen LogP contribution in [0.2, 0.25) is 0 Å². The second-order valence-corrected chi connectivity index (χ2v) is 6.68. The minimum Gasteiger partial charge on any atom is -0.357 e. The third-order valence-corrected chi connectivity index (χ3v) is 4.49. The van der Waals surface area contributed by atoms with Crippen LogP contribution in [0.1, 0.15) is 40.5 Å². The highest BCUT2D eigenvalue weighted by Crippen LogP contribution is 2.22. The molecule has 0 aromatic heterocycles. The van der Waals surface area contributed by atoms with E-state index in [1.165, 1.54) is 4.90 Å². The number of halogens is 1. The number of aliphatic imine (C=N–C) groups is 1. The van der Waals surface area contributed by atoms with E-state index in [1.54, 1.807) is 36.0 Å². The molecule has 0 saturated heterocycles. The van der Waals surface area contributed by atoms with Gasteiger partial charge in [0.25, 0.3) is 11.8 Å². The van der Waals surface area contributed by atoms with Gasteiger partial charge in [0.2, 0.25) is 0 Å². The molecule has 2 amide bonds. The van der Waals surface area contributed by atoms with Crippen molar-refractivity contribution in [1.29, 1.82) is 0 Å². The monoisotopic (exact) mass is 490 g/mol. The largest absolute Gasteiger partial charge is 0.357 e. The van der Waals surface area contributed by atoms with E-state index >= 15 is 0 Å². The standard InChI is InChI=1S/C18H26N4O2S.HI/c1-3-19-18(21-11-13-25-2)20-10-6-7-12-22-16(23)14-8-4-5-9-15(14)17(22)24;/h4-5,8-9H,3,6-7,10-13H2,1-2H3,(H2,19,20,21);1H. The fourth-order valence-electron chi connectivity index (χ4n) is 2.63. The number of guanidine groups is 1. The van der Waals surface area contributed by atoms with Gasteiger partial charge in [-0.15, -0.1) is 24.0 Å². The van der Waals surface area contributed by atoms with Crippen LogP contribution >= 0.6 is 35.7 Å². The summed E-state index contributed by atoms with van der Waals surface area (Å²) in [7, 11) is 0. The summed E-state index contributed by atoms with van der Waals surface area (Å²) >= 11 is 1.79. The van der Waals surface area contributed by atoms with Crippen molar-refractivity contribution < 1.29 is 9.59 Å². The Hall–Kier alpha value is -1.29. The minimum absolute atomic E-state index is 0. The lowest BCUT2D eigenvalue weighted by atomic mass is 10.1. The Morgan fingerprint density at radius 3 is 2.35 bits per heavy atom. The Morgan fingerprint density at radius 1 is 1.12 bits per heavy atom. The molecule has 2 rings (SSSR count). The van der Waals surface area contributed by atoms with Gasteiger partial charge in [-0.05, 0) is 38.2 Å². The fraction of sp³-hybridized carbons (Fsp3) is 0.500.